The highest BCUT2D eigenvalue weighted by molar-refractivity contribution is 7.88. The molecule has 5 N–H and O–H groups in total. The fraction of sp³-hybridized carbons (Fsp3) is 0.556. The van der Waals surface area contributed by atoms with Crippen LogP contribution in [0.15, 0.2) is 24.3 Å². The molecule has 0 saturated carbocycles. The van der Waals surface area contributed by atoms with E-state index in [1.54, 1.807) is 38.1 Å². The quantitative estimate of drug-likeness (QED) is 0.429. The van der Waals surface area contributed by atoms with Crippen LogP contribution in [0, 0.1) is 5.92 Å². The highest BCUT2D eigenvalue weighted by atomic mass is 35.5. The number of nitrogens with two attached hydrogens (primary N) is 1. The molecule has 10 heteroatoms. The van der Waals surface area contributed by atoms with E-state index in [1.165, 1.54) is 0 Å². The number of hydrogen-bond acceptors (Lipinski definition) is 5. The Bertz CT molecular complexity index is 736. The van der Waals surface area contributed by atoms with E-state index in [9.17, 15) is 18.0 Å². The number of amides is 2. The van der Waals surface area contributed by atoms with Crippen LogP contribution in [0.5, 0.6) is 0 Å². The van der Waals surface area contributed by atoms with Gasteiger partial charge in [0.1, 0.15) is 0 Å². The minimum atomic E-state index is -3.37. The Balaban J connectivity index is 0.00000729. The molecule has 0 aliphatic rings. The Morgan fingerprint density at radius 3 is 2.04 bits per heavy atom. The van der Waals surface area contributed by atoms with Crippen LogP contribution in [-0.4, -0.2) is 38.9 Å². The van der Waals surface area contributed by atoms with Crippen molar-refractivity contribution in [3.05, 3.63) is 35.4 Å². The first kappa shape index (κ1) is 26.3. The minimum Gasteiger partial charge on any atom is -0.350 e. The van der Waals surface area contributed by atoms with Gasteiger partial charge >= 0.3 is 0 Å². The summed E-state index contributed by atoms with van der Waals surface area (Å²) in [6.07, 6.45) is 0. The highest BCUT2D eigenvalue weighted by Crippen LogP contribution is 2.08. The SMILES string of the molecule is CC(C)NS(=O)(=O)Cc1ccc(CNC(=O)CNC(=O)[C@@H](N)C(C)C)cc1.Cl. The number of halogens is 1. The molecule has 1 aromatic rings. The van der Waals surface area contributed by atoms with Crippen LogP contribution in [0.4, 0.5) is 0 Å². The van der Waals surface area contributed by atoms with E-state index in [-0.39, 0.29) is 55.0 Å². The van der Waals surface area contributed by atoms with E-state index >= 15 is 0 Å². The second-order valence-electron chi connectivity index (χ2n) is 7.11. The van der Waals surface area contributed by atoms with Gasteiger partial charge in [0.05, 0.1) is 18.3 Å². The monoisotopic (exact) mass is 434 g/mol. The van der Waals surface area contributed by atoms with Gasteiger partial charge < -0.3 is 16.4 Å². The standard InChI is InChI=1S/C18H30N4O4S.ClH/c1-12(2)17(19)18(24)21-10-16(23)20-9-14-5-7-15(8-6-14)11-27(25,26)22-13(3)4;/h5-8,12-13,17,22H,9-11,19H2,1-4H3,(H,20,23)(H,21,24);1H/t17-;/m0./s1. The third-order valence-electron chi connectivity index (χ3n) is 3.73. The topological polar surface area (TPSA) is 130 Å². The van der Waals surface area contributed by atoms with Gasteiger partial charge in [0.15, 0.2) is 0 Å². The Labute approximate surface area is 173 Å². The largest absolute Gasteiger partial charge is 0.350 e. The van der Waals surface area contributed by atoms with Gasteiger partial charge in [-0.05, 0) is 30.9 Å². The van der Waals surface area contributed by atoms with Crippen LogP contribution in [-0.2, 0) is 31.9 Å². The van der Waals surface area contributed by atoms with E-state index in [1.807, 2.05) is 13.8 Å². The van der Waals surface area contributed by atoms with Crippen molar-refractivity contribution in [3.8, 4) is 0 Å². The van der Waals surface area contributed by atoms with Crippen LogP contribution in [0.25, 0.3) is 0 Å². The van der Waals surface area contributed by atoms with Gasteiger partial charge in [-0.1, -0.05) is 38.1 Å². The number of rotatable bonds is 10. The zero-order valence-electron chi connectivity index (χ0n) is 16.7. The van der Waals surface area contributed by atoms with Gasteiger partial charge in [0, 0.05) is 12.6 Å². The summed E-state index contributed by atoms with van der Waals surface area (Å²) in [4.78, 5) is 23.5. The first-order valence-corrected chi connectivity index (χ1v) is 10.5. The summed E-state index contributed by atoms with van der Waals surface area (Å²) in [6, 6.07) is 6.14. The molecule has 0 aromatic heterocycles. The van der Waals surface area contributed by atoms with Crippen molar-refractivity contribution < 1.29 is 18.0 Å². The third-order valence-corrected chi connectivity index (χ3v) is 5.27. The number of hydrogen-bond donors (Lipinski definition) is 4. The predicted octanol–water partition coefficient (Wildman–Crippen LogP) is 0.652. The molecule has 28 heavy (non-hydrogen) atoms. The molecule has 0 bridgehead atoms. The van der Waals surface area contributed by atoms with Gasteiger partial charge in [-0.2, -0.15) is 0 Å². The van der Waals surface area contributed by atoms with Crippen molar-refractivity contribution in [1.29, 1.82) is 0 Å². The molecule has 1 aromatic carbocycles. The fourth-order valence-electron chi connectivity index (χ4n) is 2.22. The third kappa shape index (κ3) is 10.0. The van der Waals surface area contributed by atoms with Gasteiger partial charge in [-0.25, -0.2) is 13.1 Å². The second-order valence-corrected chi connectivity index (χ2v) is 8.87. The van der Waals surface area contributed by atoms with E-state index in [4.69, 9.17) is 5.73 Å². The molecule has 1 rings (SSSR count). The van der Waals surface area contributed by atoms with Gasteiger partial charge in [-0.15, -0.1) is 12.4 Å². The molecule has 160 valence electrons. The summed E-state index contributed by atoms with van der Waals surface area (Å²) >= 11 is 0. The molecular weight excluding hydrogens is 404 g/mol. The molecule has 1 atom stereocenters. The first-order valence-electron chi connectivity index (χ1n) is 8.88. The summed E-state index contributed by atoms with van der Waals surface area (Å²) in [5, 5.41) is 5.19. The van der Waals surface area contributed by atoms with Gasteiger partial charge in [0.25, 0.3) is 0 Å². The molecule has 0 unspecified atom stereocenters. The summed E-state index contributed by atoms with van der Waals surface area (Å²) in [5.74, 6) is -0.793. The Morgan fingerprint density at radius 2 is 1.54 bits per heavy atom. The number of carbonyl (C=O) groups excluding carboxylic acids is 2. The van der Waals surface area contributed by atoms with E-state index in [2.05, 4.69) is 15.4 Å². The molecule has 0 radical (unpaired) electrons. The highest BCUT2D eigenvalue weighted by Gasteiger charge is 2.17. The summed E-state index contributed by atoms with van der Waals surface area (Å²) in [7, 11) is -3.37. The molecule has 8 nitrogen and oxygen atoms in total. The molecule has 2 amide bonds. The van der Waals surface area contributed by atoms with Crippen LogP contribution in [0.1, 0.15) is 38.8 Å². The smallest absolute Gasteiger partial charge is 0.239 e. The van der Waals surface area contributed by atoms with Crippen molar-refractivity contribution in [2.75, 3.05) is 6.54 Å². The number of benzene rings is 1. The van der Waals surface area contributed by atoms with Crippen LogP contribution < -0.4 is 21.1 Å². The average Bonchev–Trinajstić information content (AvgIpc) is 2.56. The van der Waals surface area contributed by atoms with Crippen LogP contribution in [0.2, 0.25) is 0 Å². The van der Waals surface area contributed by atoms with Crippen LogP contribution in [0.3, 0.4) is 0 Å². The van der Waals surface area contributed by atoms with Gasteiger partial charge in [-0.3, -0.25) is 9.59 Å². The Kier molecular flexibility index (Phi) is 11.3. The zero-order valence-corrected chi connectivity index (χ0v) is 18.3. The Hall–Kier alpha value is -1.68. The lowest BCUT2D eigenvalue weighted by atomic mass is 10.1. The van der Waals surface area contributed by atoms with Gasteiger partial charge in [0.2, 0.25) is 21.8 Å². The summed E-state index contributed by atoms with van der Waals surface area (Å²) in [5.41, 5.74) is 7.19. The maximum atomic E-state index is 11.9. The van der Waals surface area contributed by atoms with Crippen molar-refractivity contribution in [3.63, 3.8) is 0 Å². The lowest BCUT2D eigenvalue weighted by Gasteiger charge is -2.15. The van der Waals surface area contributed by atoms with Crippen molar-refractivity contribution in [2.24, 2.45) is 11.7 Å². The molecular formula is C18H31ClN4O4S. The van der Waals surface area contributed by atoms with Crippen molar-refractivity contribution in [1.82, 2.24) is 15.4 Å². The summed E-state index contributed by atoms with van der Waals surface area (Å²) < 4.78 is 26.4. The normalized spacial score (nSPS) is 12.4. The molecule has 0 heterocycles. The van der Waals surface area contributed by atoms with E-state index in [0.717, 1.165) is 5.56 Å². The second kappa shape index (κ2) is 12.0. The lowest BCUT2D eigenvalue weighted by molar-refractivity contribution is -0.127. The first-order chi connectivity index (χ1) is 12.5. The Morgan fingerprint density at radius 1 is 1.00 bits per heavy atom. The van der Waals surface area contributed by atoms with Crippen molar-refractivity contribution >= 4 is 34.2 Å². The molecule has 0 fully saturated rings. The van der Waals surface area contributed by atoms with Crippen molar-refractivity contribution in [2.45, 2.75) is 52.1 Å². The number of carbonyl (C=O) groups is 2. The molecule has 0 spiro atoms. The zero-order chi connectivity index (χ0) is 20.6. The average molecular weight is 435 g/mol. The minimum absolute atomic E-state index is 0. The fourth-order valence-corrected chi connectivity index (χ4v) is 3.66. The van der Waals surface area contributed by atoms with E-state index < -0.39 is 16.1 Å². The predicted molar refractivity (Wildman–Crippen MR) is 112 cm³/mol. The summed E-state index contributed by atoms with van der Waals surface area (Å²) in [6.45, 7) is 7.33. The number of nitrogens with one attached hydrogen (secondary N) is 3. The molecule has 0 saturated heterocycles. The molecule has 0 aliphatic carbocycles. The molecule has 0 aliphatic heterocycles. The van der Waals surface area contributed by atoms with Crippen LogP contribution >= 0.6 is 12.4 Å². The number of sulfonamides is 1. The maximum absolute atomic E-state index is 11.9. The maximum Gasteiger partial charge on any atom is 0.239 e. The van der Waals surface area contributed by atoms with E-state index in [0.29, 0.717) is 5.56 Å². The lowest BCUT2D eigenvalue weighted by Crippen LogP contribution is -2.47.